The van der Waals surface area contributed by atoms with E-state index in [1.54, 1.807) is 16.2 Å². The Morgan fingerprint density at radius 3 is 2.76 bits per heavy atom. The summed E-state index contributed by atoms with van der Waals surface area (Å²) < 4.78 is 5.48. The Balaban J connectivity index is 1.54. The van der Waals surface area contributed by atoms with Crippen LogP contribution < -0.4 is 5.32 Å². The summed E-state index contributed by atoms with van der Waals surface area (Å²) in [6.07, 6.45) is -0.234. The number of piperazine rings is 1. The Kier molecular flexibility index (Phi) is 4.90. The normalized spacial score (nSPS) is 20.4. The van der Waals surface area contributed by atoms with E-state index in [1.807, 2.05) is 27.7 Å². The van der Waals surface area contributed by atoms with Crippen LogP contribution in [-0.2, 0) is 11.3 Å². The average molecular weight is 366 g/mol. The minimum Gasteiger partial charge on any atom is -0.444 e. The first-order valence-corrected chi connectivity index (χ1v) is 9.50. The molecule has 1 amide bonds. The van der Waals surface area contributed by atoms with Crippen molar-refractivity contribution in [2.24, 2.45) is 4.99 Å². The van der Waals surface area contributed by atoms with Gasteiger partial charge in [-0.2, -0.15) is 0 Å². The van der Waals surface area contributed by atoms with Gasteiger partial charge in [-0.05, 0) is 34.6 Å². The monoisotopic (exact) mass is 365 g/mol. The number of thiazole rings is 1. The second-order valence-corrected chi connectivity index (χ2v) is 8.93. The molecule has 3 heterocycles. The number of aromatic nitrogens is 1. The van der Waals surface area contributed by atoms with Crippen LogP contribution in [0.2, 0.25) is 0 Å². The minimum absolute atomic E-state index is 0.224. The number of nitrogens with zero attached hydrogens (tertiary/aromatic N) is 4. The van der Waals surface area contributed by atoms with Gasteiger partial charge in [0.05, 0.1) is 29.8 Å². The van der Waals surface area contributed by atoms with Crippen LogP contribution in [-0.4, -0.2) is 64.7 Å². The van der Waals surface area contributed by atoms with Gasteiger partial charge >= 0.3 is 6.09 Å². The number of nitrogens with one attached hydrogen (secondary N) is 1. The molecule has 1 aromatic rings. The lowest BCUT2D eigenvalue weighted by atomic mass is 10.2. The van der Waals surface area contributed by atoms with E-state index < -0.39 is 5.60 Å². The summed E-state index contributed by atoms with van der Waals surface area (Å²) in [4.78, 5) is 26.7. The highest BCUT2D eigenvalue weighted by molar-refractivity contribution is 7.11. The zero-order valence-corrected chi connectivity index (χ0v) is 16.4. The number of carbonyl (C=O) groups excluding carboxylic acids is 1. The molecule has 1 aromatic heterocycles. The molecule has 7 nitrogen and oxygen atoms in total. The maximum Gasteiger partial charge on any atom is 0.410 e. The van der Waals surface area contributed by atoms with Crippen LogP contribution >= 0.6 is 11.3 Å². The predicted octanol–water partition coefficient (Wildman–Crippen LogP) is 2.14. The van der Waals surface area contributed by atoms with E-state index in [2.05, 4.69) is 27.1 Å². The number of fused-ring (bicyclic) bond motifs is 1. The molecule has 1 fully saturated rings. The van der Waals surface area contributed by atoms with E-state index in [0.717, 1.165) is 23.2 Å². The highest BCUT2D eigenvalue weighted by Crippen LogP contribution is 2.20. The van der Waals surface area contributed by atoms with Gasteiger partial charge in [-0.25, -0.2) is 9.78 Å². The van der Waals surface area contributed by atoms with Crippen LogP contribution in [0.3, 0.4) is 0 Å². The lowest BCUT2D eigenvalue weighted by molar-refractivity contribution is 0.0137. The topological polar surface area (TPSA) is 70.1 Å². The fourth-order valence-electron chi connectivity index (χ4n) is 3.12. The maximum absolute atomic E-state index is 12.3. The number of ether oxygens (including phenoxy) is 1. The predicted molar refractivity (Wildman–Crippen MR) is 99.0 cm³/mol. The van der Waals surface area contributed by atoms with E-state index in [4.69, 9.17) is 4.74 Å². The standard InChI is InChI=1S/C17H27N5O2S/c1-11-14(20-12(2)25-11)9-19-15-18-8-13-10-21(6-7-22(13)15)16(23)24-17(3,4)5/h13H,6-10H2,1-5H3,(H,18,19). The zero-order valence-electron chi connectivity index (χ0n) is 15.6. The minimum atomic E-state index is -0.462. The summed E-state index contributed by atoms with van der Waals surface area (Å²) in [6, 6.07) is 0.224. The third-order valence-corrected chi connectivity index (χ3v) is 5.20. The Labute approximate surface area is 153 Å². The van der Waals surface area contributed by atoms with Crippen molar-refractivity contribution >= 4 is 23.4 Å². The molecule has 0 aliphatic carbocycles. The lowest BCUT2D eigenvalue weighted by Gasteiger charge is -2.39. The van der Waals surface area contributed by atoms with Crippen molar-refractivity contribution in [3.05, 3.63) is 15.6 Å². The smallest absolute Gasteiger partial charge is 0.410 e. The van der Waals surface area contributed by atoms with E-state index in [1.165, 1.54) is 4.88 Å². The summed E-state index contributed by atoms with van der Waals surface area (Å²) in [5.74, 6) is 0.916. The Morgan fingerprint density at radius 1 is 1.36 bits per heavy atom. The second kappa shape index (κ2) is 6.82. The fraction of sp³-hybridized carbons (Fsp3) is 0.706. The van der Waals surface area contributed by atoms with Gasteiger partial charge in [0.25, 0.3) is 0 Å². The van der Waals surface area contributed by atoms with E-state index in [9.17, 15) is 4.79 Å². The van der Waals surface area contributed by atoms with Gasteiger partial charge in [0.2, 0.25) is 0 Å². The molecule has 0 saturated carbocycles. The van der Waals surface area contributed by atoms with Crippen LogP contribution in [0.25, 0.3) is 0 Å². The average Bonchev–Trinajstić information content (AvgIpc) is 3.05. The molecule has 3 rings (SSSR count). The molecule has 1 atom stereocenters. The molecular weight excluding hydrogens is 338 g/mol. The van der Waals surface area contributed by atoms with E-state index >= 15 is 0 Å². The largest absolute Gasteiger partial charge is 0.444 e. The first-order chi connectivity index (χ1) is 11.7. The van der Waals surface area contributed by atoms with Crippen molar-refractivity contribution < 1.29 is 9.53 Å². The molecule has 1 unspecified atom stereocenters. The molecule has 1 saturated heterocycles. The zero-order chi connectivity index (χ0) is 18.2. The summed E-state index contributed by atoms with van der Waals surface area (Å²) >= 11 is 1.72. The van der Waals surface area contributed by atoms with Crippen LogP contribution in [0.4, 0.5) is 4.79 Å². The number of amides is 1. The van der Waals surface area contributed by atoms with Crippen molar-refractivity contribution in [1.29, 1.82) is 0 Å². The maximum atomic E-state index is 12.3. The molecule has 0 aromatic carbocycles. The Bertz CT molecular complexity index is 679. The molecule has 0 radical (unpaired) electrons. The first kappa shape index (κ1) is 18.0. The number of carbonyl (C=O) groups is 1. The van der Waals surface area contributed by atoms with Gasteiger partial charge in [0.1, 0.15) is 5.60 Å². The quantitative estimate of drug-likeness (QED) is 0.869. The van der Waals surface area contributed by atoms with Crippen molar-refractivity contribution in [1.82, 2.24) is 20.1 Å². The third-order valence-electron chi connectivity index (χ3n) is 4.27. The second-order valence-electron chi connectivity index (χ2n) is 7.53. The third kappa shape index (κ3) is 4.23. The first-order valence-electron chi connectivity index (χ1n) is 8.69. The van der Waals surface area contributed by atoms with Crippen LogP contribution in [0.1, 0.15) is 36.3 Å². The fourth-order valence-corrected chi connectivity index (χ4v) is 3.96. The van der Waals surface area contributed by atoms with Gasteiger partial charge in [0, 0.05) is 24.5 Å². The molecule has 0 spiro atoms. The molecular formula is C17H27N5O2S. The van der Waals surface area contributed by atoms with Gasteiger partial charge in [-0.15, -0.1) is 11.3 Å². The Hall–Kier alpha value is -1.83. The Morgan fingerprint density at radius 2 is 2.12 bits per heavy atom. The summed E-state index contributed by atoms with van der Waals surface area (Å²) in [5.41, 5.74) is 0.623. The molecule has 8 heteroatoms. The molecule has 25 heavy (non-hydrogen) atoms. The van der Waals surface area contributed by atoms with Crippen molar-refractivity contribution in [2.75, 3.05) is 26.2 Å². The van der Waals surface area contributed by atoms with E-state index in [-0.39, 0.29) is 12.1 Å². The van der Waals surface area contributed by atoms with Crippen molar-refractivity contribution in [3.63, 3.8) is 0 Å². The number of aryl methyl sites for hydroxylation is 2. The number of rotatable bonds is 2. The van der Waals surface area contributed by atoms with Crippen LogP contribution in [0, 0.1) is 13.8 Å². The van der Waals surface area contributed by atoms with Gasteiger partial charge in [0.15, 0.2) is 5.96 Å². The summed E-state index contributed by atoms with van der Waals surface area (Å²) in [7, 11) is 0. The van der Waals surface area contributed by atoms with Crippen LogP contribution in [0.5, 0.6) is 0 Å². The molecule has 138 valence electrons. The van der Waals surface area contributed by atoms with Gasteiger partial charge in [-0.3, -0.25) is 4.99 Å². The lowest BCUT2D eigenvalue weighted by Crippen LogP contribution is -2.57. The molecule has 2 aliphatic rings. The van der Waals surface area contributed by atoms with Gasteiger partial charge < -0.3 is 19.9 Å². The number of aliphatic imine (C=N–C) groups is 1. The molecule has 0 bridgehead atoms. The number of hydrogen-bond acceptors (Lipinski definition) is 7. The van der Waals surface area contributed by atoms with E-state index in [0.29, 0.717) is 26.2 Å². The summed E-state index contributed by atoms with van der Waals surface area (Å²) in [6.45, 7) is 13.3. The van der Waals surface area contributed by atoms with Crippen molar-refractivity contribution in [3.8, 4) is 0 Å². The SMILES string of the molecule is Cc1nc(CNC2=NCC3CN(C(=O)OC(C)(C)C)CCN23)c(C)s1. The van der Waals surface area contributed by atoms with Crippen molar-refractivity contribution in [2.45, 2.75) is 52.8 Å². The molecule has 1 N–H and O–H groups in total. The highest BCUT2D eigenvalue weighted by Gasteiger charge is 2.36. The summed E-state index contributed by atoms with van der Waals surface area (Å²) in [5, 5.41) is 4.51. The number of hydrogen-bond donors (Lipinski definition) is 1. The number of guanidine groups is 1. The van der Waals surface area contributed by atoms with Gasteiger partial charge in [-0.1, -0.05) is 0 Å². The van der Waals surface area contributed by atoms with Crippen LogP contribution in [0.15, 0.2) is 4.99 Å². The molecule has 2 aliphatic heterocycles. The highest BCUT2D eigenvalue weighted by atomic mass is 32.1.